The molecule has 4 aromatic rings. The molecule has 0 unspecified atom stereocenters. The third-order valence-electron chi connectivity index (χ3n) is 3.83. The predicted molar refractivity (Wildman–Crippen MR) is 114 cm³/mol. The summed E-state index contributed by atoms with van der Waals surface area (Å²) in [5.74, 6) is -0.263. The fraction of sp³-hybridized carbons (Fsp3) is 0.0476. The van der Waals surface area contributed by atoms with Crippen LogP contribution < -0.4 is 5.73 Å². The highest BCUT2D eigenvalue weighted by Crippen LogP contribution is 2.37. The Morgan fingerprint density at radius 2 is 1.67 bits per heavy atom. The molecule has 0 radical (unpaired) electrons. The zero-order chi connectivity index (χ0) is 21.7. The number of anilines is 1. The lowest BCUT2D eigenvalue weighted by atomic mass is 10.1. The van der Waals surface area contributed by atoms with Crippen molar-refractivity contribution in [2.75, 3.05) is 5.73 Å². The highest BCUT2D eigenvalue weighted by Gasteiger charge is 2.30. The zero-order valence-electron chi connectivity index (χ0n) is 15.3. The van der Waals surface area contributed by atoms with Gasteiger partial charge in [-0.15, -0.1) is 12.6 Å². The normalized spacial score (nSPS) is 11.0. The number of nitrogens with zero attached hydrogens (tertiary/aromatic N) is 2. The van der Waals surface area contributed by atoms with Crippen molar-refractivity contribution >= 4 is 29.1 Å². The smallest absolute Gasteiger partial charge is 0.375 e. The van der Waals surface area contributed by atoms with Gasteiger partial charge in [-0.1, -0.05) is 35.6 Å². The lowest BCUT2D eigenvalue weighted by molar-refractivity contribution is -0.137. The van der Waals surface area contributed by atoms with Gasteiger partial charge in [-0.05, 0) is 48.0 Å². The number of nitrogens with two attached hydrogens (primary N) is 1. The molecule has 4 rings (SSSR count). The summed E-state index contributed by atoms with van der Waals surface area (Å²) < 4.78 is 48.8. The molecule has 9 heteroatoms. The number of nitrogen functional groups attached to an aromatic ring is 1. The van der Waals surface area contributed by atoms with Gasteiger partial charge in [-0.2, -0.15) is 13.2 Å². The number of alkyl halides is 3. The minimum Gasteiger partial charge on any atom is -0.375 e. The van der Waals surface area contributed by atoms with E-state index in [9.17, 15) is 17.6 Å². The van der Waals surface area contributed by atoms with Crippen LogP contribution in [0.5, 0.6) is 0 Å². The molecule has 2 N–H and O–H groups in total. The average molecular weight is 449 g/mol. The molecule has 2 heterocycles. The fourth-order valence-corrected chi connectivity index (χ4v) is 3.56. The van der Waals surface area contributed by atoms with Crippen LogP contribution >= 0.6 is 24.0 Å². The molecule has 2 aromatic heterocycles. The van der Waals surface area contributed by atoms with Crippen molar-refractivity contribution in [2.45, 2.75) is 11.1 Å². The molecule has 154 valence electrons. The molecule has 0 saturated carbocycles. The third kappa shape index (κ3) is 5.58. The van der Waals surface area contributed by atoms with Crippen LogP contribution in [-0.4, -0.2) is 9.97 Å². The van der Waals surface area contributed by atoms with Crippen molar-refractivity contribution in [3.63, 3.8) is 0 Å². The average Bonchev–Trinajstić information content (AvgIpc) is 3.11. The number of aromatic nitrogens is 2. The Hall–Kier alpha value is -2.91. The number of rotatable bonds is 2. The number of halogens is 4. The number of thiazole rings is 1. The molecule has 0 amide bonds. The summed E-state index contributed by atoms with van der Waals surface area (Å²) in [4.78, 5) is 9.82. The summed E-state index contributed by atoms with van der Waals surface area (Å²) in [7, 11) is 0. The van der Waals surface area contributed by atoms with Gasteiger partial charge in [0.05, 0.1) is 16.1 Å². The first-order valence-corrected chi connectivity index (χ1v) is 9.80. The number of thiol groups is 1. The fourth-order valence-electron chi connectivity index (χ4n) is 2.49. The molecular formula is C21H15F4N3S2. The largest absolute Gasteiger partial charge is 0.416 e. The highest BCUT2D eigenvalue weighted by molar-refractivity contribution is 7.80. The Morgan fingerprint density at radius 1 is 0.933 bits per heavy atom. The van der Waals surface area contributed by atoms with E-state index in [1.807, 2.05) is 18.2 Å². The Kier molecular flexibility index (Phi) is 6.73. The number of hydrogen-bond acceptors (Lipinski definition) is 5. The van der Waals surface area contributed by atoms with E-state index in [1.54, 1.807) is 18.3 Å². The molecule has 0 saturated heterocycles. The van der Waals surface area contributed by atoms with Crippen molar-refractivity contribution in [1.29, 1.82) is 0 Å². The van der Waals surface area contributed by atoms with Crippen LogP contribution in [0.25, 0.3) is 21.8 Å². The van der Waals surface area contributed by atoms with Crippen molar-refractivity contribution in [1.82, 2.24) is 9.97 Å². The van der Waals surface area contributed by atoms with Crippen LogP contribution in [0.3, 0.4) is 0 Å². The first kappa shape index (κ1) is 21.8. The summed E-state index contributed by atoms with van der Waals surface area (Å²) >= 11 is 5.16. The molecule has 0 spiro atoms. The molecule has 3 nitrogen and oxygen atoms in total. The maximum Gasteiger partial charge on any atom is 0.416 e. The SMILES string of the molecule is FC(F)(F)c1cccc(S)c1.Nc1nc(-c2ccccn2)c(-c2ccc(F)cc2)s1. The summed E-state index contributed by atoms with van der Waals surface area (Å²) in [6, 6.07) is 16.7. The molecule has 0 atom stereocenters. The lowest BCUT2D eigenvalue weighted by Crippen LogP contribution is -2.03. The van der Waals surface area contributed by atoms with E-state index < -0.39 is 11.7 Å². The Labute approximate surface area is 179 Å². The maximum absolute atomic E-state index is 13.0. The predicted octanol–water partition coefficient (Wildman–Crippen LogP) is 6.59. The minimum atomic E-state index is -4.27. The van der Waals surface area contributed by atoms with E-state index in [0.29, 0.717) is 10.0 Å². The van der Waals surface area contributed by atoms with Crippen LogP contribution in [0.2, 0.25) is 0 Å². The molecule has 0 aliphatic heterocycles. The molecule has 0 fully saturated rings. The lowest BCUT2D eigenvalue weighted by Gasteiger charge is -2.05. The summed E-state index contributed by atoms with van der Waals surface area (Å²) in [6.45, 7) is 0. The van der Waals surface area contributed by atoms with Gasteiger partial charge in [0.15, 0.2) is 5.13 Å². The summed E-state index contributed by atoms with van der Waals surface area (Å²) in [6.07, 6.45) is -2.56. The second-order valence-electron chi connectivity index (χ2n) is 6.00. The van der Waals surface area contributed by atoms with Crippen molar-refractivity contribution in [3.8, 4) is 21.8 Å². The van der Waals surface area contributed by atoms with Crippen LogP contribution in [-0.2, 0) is 6.18 Å². The Balaban J connectivity index is 0.000000199. The van der Waals surface area contributed by atoms with E-state index >= 15 is 0 Å². The minimum absolute atomic E-state index is 0.263. The van der Waals surface area contributed by atoms with Crippen molar-refractivity contribution < 1.29 is 17.6 Å². The number of hydrogen-bond donors (Lipinski definition) is 2. The number of benzene rings is 2. The van der Waals surface area contributed by atoms with Crippen molar-refractivity contribution in [2.24, 2.45) is 0 Å². The zero-order valence-corrected chi connectivity index (χ0v) is 17.0. The van der Waals surface area contributed by atoms with E-state index in [4.69, 9.17) is 5.73 Å². The summed E-state index contributed by atoms with van der Waals surface area (Å²) in [5.41, 5.74) is 7.50. The topological polar surface area (TPSA) is 51.8 Å². The van der Waals surface area contributed by atoms with Crippen LogP contribution in [0.4, 0.5) is 22.7 Å². The molecular weight excluding hydrogens is 434 g/mol. The van der Waals surface area contributed by atoms with E-state index in [2.05, 4.69) is 22.6 Å². The van der Waals surface area contributed by atoms with E-state index in [0.717, 1.165) is 34.0 Å². The monoisotopic (exact) mass is 449 g/mol. The standard InChI is InChI=1S/C14H10FN3S.C7H5F3S/c15-10-6-4-9(5-7-10)13-12(18-14(16)19-13)11-3-1-2-8-17-11;8-7(9,10)5-2-1-3-6(11)4-5/h1-8H,(H2,16,18);1-4,11H. The van der Waals surface area contributed by atoms with Crippen LogP contribution in [0.15, 0.2) is 77.8 Å². The van der Waals surface area contributed by atoms with Crippen molar-refractivity contribution in [3.05, 3.63) is 84.3 Å². The van der Waals surface area contributed by atoms with Gasteiger partial charge in [0, 0.05) is 11.1 Å². The second-order valence-corrected chi connectivity index (χ2v) is 7.55. The molecule has 0 aliphatic carbocycles. The van der Waals surface area contributed by atoms with Gasteiger partial charge in [0.2, 0.25) is 0 Å². The van der Waals surface area contributed by atoms with Gasteiger partial charge < -0.3 is 5.73 Å². The van der Waals surface area contributed by atoms with Gasteiger partial charge in [0.25, 0.3) is 0 Å². The Bertz CT molecular complexity index is 1110. The van der Waals surface area contributed by atoms with Crippen LogP contribution in [0, 0.1) is 5.82 Å². The van der Waals surface area contributed by atoms with Gasteiger partial charge in [-0.25, -0.2) is 9.37 Å². The van der Waals surface area contributed by atoms with Gasteiger partial charge in [0.1, 0.15) is 11.5 Å². The van der Waals surface area contributed by atoms with E-state index in [-0.39, 0.29) is 5.82 Å². The maximum atomic E-state index is 13.0. The Morgan fingerprint density at radius 3 is 2.23 bits per heavy atom. The highest BCUT2D eigenvalue weighted by atomic mass is 32.1. The first-order valence-electron chi connectivity index (χ1n) is 8.54. The quantitative estimate of drug-likeness (QED) is 0.268. The molecule has 2 aromatic carbocycles. The van der Waals surface area contributed by atoms with Gasteiger partial charge >= 0.3 is 6.18 Å². The number of pyridine rings is 1. The molecule has 0 bridgehead atoms. The van der Waals surface area contributed by atoms with E-state index in [1.165, 1.54) is 35.6 Å². The van der Waals surface area contributed by atoms with Crippen LogP contribution in [0.1, 0.15) is 5.56 Å². The van der Waals surface area contributed by atoms with Gasteiger partial charge in [-0.3, -0.25) is 4.98 Å². The molecule has 30 heavy (non-hydrogen) atoms. The second kappa shape index (κ2) is 9.27. The molecule has 0 aliphatic rings. The first-order chi connectivity index (χ1) is 14.2. The third-order valence-corrected chi connectivity index (χ3v) is 5.04. The summed E-state index contributed by atoms with van der Waals surface area (Å²) in [5, 5.41) is 0.472.